The van der Waals surface area contributed by atoms with E-state index in [1.165, 1.54) is 0 Å². The van der Waals surface area contributed by atoms with E-state index in [9.17, 15) is 14.7 Å². The smallest absolute Gasteiger partial charge is 0.311 e. The third-order valence-electron chi connectivity index (χ3n) is 5.77. The number of aliphatic carboxylic acids is 1. The molecule has 24 heavy (non-hydrogen) atoms. The molecule has 0 bridgehead atoms. The lowest BCUT2D eigenvalue weighted by Crippen LogP contribution is -2.41. The van der Waals surface area contributed by atoms with Crippen LogP contribution in [0.1, 0.15) is 31.4 Å². The second-order valence-corrected chi connectivity index (χ2v) is 7.07. The Labute approximate surface area is 139 Å². The number of rotatable bonds is 3. The number of aromatic amines is 1. The average Bonchev–Trinajstić information content (AvgIpc) is 3.17. The van der Waals surface area contributed by atoms with E-state index in [4.69, 9.17) is 0 Å². The van der Waals surface area contributed by atoms with Crippen molar-refractivity contribution in [3.8, 4) is 0 Å². The molecule has 2 atom stereocenters. The summed E-state index contributed by atoms with van der Waals surface area (Å²) in [4.78, 5) is 26.4. The van der Waals surface area contributed by atoms with Crippen molar-refractivity contribution >= 4 is 22.8 Å². The standard InChI is InChI=1S/C18H21N3O3/c22-16(9-15-13-6-1-2-7-14(13)19-20-15)21-10-12-5-3-4-8-18(12,11-21)17(23)24/h1-2,6-7,12H,3-5,8-11H2,(H,19,20)(H,23,24)/t12-,18-/m1/s1. The van der Waals surface area contributed by atoms with Gasteiger partial charge < -0.3 is 10.0 Å². The lowest BCUT2D eigenvalue weighted by molar-refractivity contribution is -0.152. The van der Waals surface area contributed by atoms with Crippen LogP contribution in [-0.2, 0) is 16.0 Å². The molecule has 4 rings (SSSR count). The maximum atomic E-state index is 12.7. The van der Waals surface area contributed by atoms with Crippen LogP contribution in [0.5, 0.6) is 0 Å². The Morgan fingerprint density at radius 1 is 1.33 bits per heavy atom. The summed E-state index contributed by atoms with van der Waals surface area (Å²) in [5, 5.41) is 17.9. The Balaban J connectivity index is 1.54. The van der Waals surface area contributed by atoms with Crippen molar-refractivity contribution in [3.63, 3.8) is 0 Å². The number of H-pyrrole nitrogens is 1. The van der Waals surface area contributed by atoms with Gasteiger partial charge in [-0.05, 0) is 24.8 Å². The number of hydrogen-bond donors (Lipinski definition) is 2. The number of aromatic nitrogens is 2. The van der Waals surface area contributed by atoms with E-state index in [1.54, 1.807) is 4.90 Å². The van der Waals surface area contributed by atoms with Crippen LogP contribution in [0.3, 0.4) is 0 Å². The molecule has 1 aromatic heterocycles. The van der Waals surface area contributed by atoms with Crippen molar-refractivity contribution in [2.75, 3.05) is 13.1 Å². The van der Waals surface area contributed by atoms with E-state index in [1.807, 2.05) is 24.3 Å². The molecule has 2 heterocycles. The molecule has 1 saturated heterocycles. The van der Waals surface area contributed by atoms with Crippen molar-refractivity contribution in [1.82, 2.24) is 15.1 Å². The molecular formula is C18H21N3O3. The van der Waals surface area contributed by atoms with E-state index < -0.39 is 11.4 Å². The monoisotopic (exact) mass is 327 g/mol. The largest absolute Gasteiger partial charge is 0.481 e. The highest BCUT2D eigenvalue weighted by Gasteiger charge is 2.54. The van der Waals surface area contributed by atoms with E-state index in [2.05, 4.69) is 10.2 Å². The molecule has 1 saturated carbocycles. The molecule has 126 valence electrons. The number of benzene rings is 1. The summed E-state index contributed by atoms with van der Waals surface area (Å²) in [6.45, 7) is 0.912. The van der Waals surface area contributed by atoms with E-state index >= 15 is 0 Å². The SMILES string of the molecule is O=C(Cc1[nH]nc2ccccc12)N1C[C@H]2CCCC[C@@]2(C(=O)O)C1. The van der Waals surface area contributed by atoms with Crippen molar-refractivity contribution in [3.05, 3.63) is 30.0 Å². The highest BCUT2D eigenvalue weighted by Crippen LogP contribution is 2.47. The highest BCUT2D eigenvalue weighted by atomic mass is 16.4. The molecule has 6 heteroatoms. The van der Waals surface area contributed by atoms with Crippen molar-refractivity contribution < 1.29 is 14.7 Å². The number of carboxylic acids is 1. The van der Waals surface area contributed by atoms with Crippen LogP contribution in [0.4, 0.5) is 0 Å². The van der Waals surface area contributed by atoms with Gasteiger partial charge in [0.1, 0.15) is 0 Å². The van der Waals surface area contributed by atoms with Crippen LogP contribution >= 0.6 is 0 Å². The van der Waals surface area contributed by atoms with Crippen LogP contribution in [0.2, 0.25) is 0 Å². The van der Waals surface area contributed by atoms with Crippen molar-refractivity contribution in [2.24, 2.45) is 11.3 Å². The summed E-state index contributed by atoms with van der Waals surface area (Å²) in [6, 6.07) is 7.69. The predicted octanol–water partition coefficient (Wildman–Crippen LogP) is 2.21. The van der Waals surface area contributed by atoms with Crippen LogP contribution in [0.25, 0.3) is 10.9 Å². The molecule has 2 N–H and O–H groups in total. The van der Waals surface area contributed by atoms with Gasteiger partial charge in [-0.25, -0.2) is 0 Å². The average molecular weight is 327 g/mol. The summed E-state index contributed by atoms with van der Waals surface area (Å²) in [5.41, 5.74) is 0.913. The van der Waals surface area contributed by atoms with E-state index in [-0.39, 0.29) is 18.2 Å². The Morgan fingerprint density at radius 2 is 2.17 bits per heavy atom. The summed E-state index contributed by atoms with van der Waals surface area (Å²) in [6.07, 6.45) is 3.83. The van der Waals surface area contributed by atoms with E-state index in [0.29, 0.717) is 19.5 Å². The highest BCUT2D eigenvalue weighted by molar-refractivity contribution is 5.88. The molecule has 2 aromatic rings. The zero-order valence-electron chi connectivity index (χ0n) is 13.5. The molecule has 0 spiro atoms. The lowest BCUT2D eigenvalue weighted by Gasteiger charge is -2.34. The minimum atomic E-state index is -0.741. The third-order valence-corrected chi connectivity index (χ3v) is 5.77. The molecule has 1 aromatic carbocycles. The number of carbonyl (C=O) groups excluding carboxylic acids is 1. The summed E-state index contributed by atoms with van der Waals surface area (Å²) >= 11 is 0. The molecule has 0 unspecified atom stereocenters. The predicted molar refractivity (Wildman–Crippen MR) is 88.4 cm³/mol. The number of nitrogens with zero attached hydrogens (tertiary/aromatic N) is 2. The first-order chi connectivity index (χ1) is 11.6. The van der Waals surface area contributed by atoms with Crippen molar-refractivity contribution in [2.45, 2.75) is 32.1 Å². The van der Waals surface area contributed by atoms with Crippen LogP contribution in [0.15, 0.2) is 24.3 Å². The van der Waals surface area contributed by atoms with Gasteiger partial charge in [0.05, 0.1) is 23.0 Å². The van der Waals surface area contributed by atoms with Gasteiger partial charge in [-0.15, -0.1) is 0 Å². The number of fused-ring (bicyclic) bond motifs is 2. The Kier molecular flexibility index (Phi) is 3.55. The minimum Gasteiger partial charge on any atom is -0.481 e. The third kappa shape index (κ3) is 2.28. The van der Waals surface area contributed by atoms with Gasteiger partial charge >= 0.3 is 5.97 Å². The second kappa shape index (κ2) is 5.61. The van der Waals surface area contributed by atoms with Gasteiger partial charge in [-0.1, -0.05) is 31.0 Å². The first-order valence-corrected chi connectivity index (χ1v) is 8.53. The fraction of sp³-hybridized carbons (Fsp3) is 0.500. The van der Waals surface area contributed by atoms with Gasteiger partial charge in [-0.3, -0.25) is 14.7 Å². The molecule has 6 nitrogen and oxygen atoms in total. The van der Waals surface area contributed by atoms with Gasteiger partial charge in [0, 0.05) is 18.5 Å². The number of carboxylic acid groups (broad SMARTS) is 1. The molecule has 1 aliphatic carbocycles. The topological polar surface area (TPSA) is 86.3 Å². The number of hydrogen-bond acceptors (Lipinski definition) is 3. The summed E-state index contributed by atoms with van der Waals surface area (Å²) in [5.74, 6) is -0.667. The van der Waals surface area contributed by atoms with Crippen molar-refractivity contribution in [1.29, 1.82) is 0 Å². The molecular weight excluding hydrogens is 306 g/mol. The van der Waals surface area contributed by atoms with Gasteiger partial charge in [0.15, 0.2) is 0 Å². The lowest BCUT2D eigenvalue weighted by atomic mass is 9.68. The maximum absolute atomic E-state index is 12.7. The number of likely N-dealkylation sites (tertiary alicyclic amines) is 1. The zero-order chi connectivity index (χ0) is 16.7. The minimum absolute atomic E-state index is 0.0144. The molecule has 1 amide bonds. The van der Waals surface area contributed by atoms with E-state index in [0.717, 1.165) is 35.9 Å². The number of carbonyl (C=O) groups is 2. The summed E-state index contributed by atoms with van der Waals surface area (Å²) in [7, 11) is 0. The molecule has 1 aliphatic heterocycles. The summed E-state index contributed by atoms with van der Waals surface area (Å²) < 4.78 is 0. The molecule has 0 radical (unpaired) electrons. The Hall–Kier alpha value is -2.37. The Bertz CT molecular complexity index is 800. The zero-order valence-corrected chi connectivity index (χ0v) is 13.5. The van der Waals surface area contributed by atoms with Crippen LogP contribution in [0, 0.1) is 11.3 Å². The fourth-order valence-electron chi connectivity index (χ4n) is 4.41. The fourth-order valence-corrected chi connectivity index (χ4v) is 4.41. The first-order valence-electron chi connectivity index (χ1n) is 8.53. The number of para-hydroxylation sites is 1. The number of nitrogens with one attached hydrogen (secondary N) is 1. The second-order valence-electron chi connectivity index (χ2n) is 7.07. The first kappa shape index (κ1) is 15.2. The normalized spacial score (nSPS) is 26.5. The van der Waals surface area contributed by atoms with Crippen LogP contribution < -0.4 is 0 Å². The number of amides is 1. The van der Waals surface area contributed by atoms with Gasteiger partial charge in [0.2, 0.25) is 5.91 Å². The van der Waals surface area contributed by atoms with Crippen LogP contribution in [-0.4, -0.2) is 45.2 Å². The Morgan fingerprint density at radius 3 is 2.96 bits per heavy atom. The maximum Gasteiger partial charge on any atom is 0.311 e. The molecule has 2 fully saturated rings. The van der Waals surface area contributed by atoms with Gasteiger partial charge in [-0.2, -0.15) is 5.10 Å². The molecule has 2 aliphatic rings. The quantitative estimate of drug-likeness (QED) is 0.905. The van der Waals surface area contributed by atoms with Gasteiger partial charge in [0.25, 0.3) is 0 Å².